The van der Waals surface area contributed by atoms with Crippen molar-refractivity contribution in [3.8, 4) is 0 Å². The summed E-state index contributed by atoms with van der Waals surface area (Å²) in [6.45, 7) is 8.26. The summed E-state index contributed by atoms with van der Waals surface area (Å²) in [6.07, 6.45) is 0.810. The van der Waals surface area contributed by atoms with E-state index in [0.717, 1.165) is 30.2 Å². The van der Waals surface area contributed by atoms with Crippen LogP contribution in [0.1, 0.15) is 24.5 Å². The van der Waals surface area contributed by atoms with Crippen molar-refractivity contribution in [1.82, 2.24) is 15.6 Å². The first-order valence-corrected chi connectivity index (χ1v) is 6.91. The van der Waals surface area contributed by atoms with Gasteiger partial charge in [-0.3, -0.25) is 4.79 Å². The second-order valence-electron chi connectivity index (χ2n) is 4.11. The van der Waals surface area contributed by atoms with Crippen molar-refractivity contribution in [2.45, 2.75) is 27.2 Å². The van der Waals surface area contributed by atoms with Crippen LogP contribution in [0.4, 0.5) is 0 Å². The highest BCUT2D eigenvalue weighted by Gasteiger charge is 2.11. The molecule has 4 nitrogen and oxygen atoms in total. The number of rotatable bonds is 7. The van der Waals surface area contributed by atoms with Crippen molar-refractivity contribution in [3.63, 3.8) is 0 Å². The van der Waals surface area contributed by atoms with E-state index in [1.807, 2.05) is 26.2 Å². The molecule has 0 fully saturated rings. The molecule has 1 amide bonds. The van der Waals surface area contributed by atoms with Crippen LogP contribution in [0.2, 0.25) is 0 Å². The number of thiazole rings is 1. The van der Waals surface area contributed by atoms with Crippen molar-refractivity contribution in [3.05, 3.63) is 16.1 Å². The Morgan fingerprint density at radius 3 is 2.94 bits per heavy atom. The summed E-state index contributed by atoms with van der Waals surface area (Å²) in [6, 6.07) is 0. The third-order valence-electron chi connectivity index (χ3n) is 2.50. The molecule has 5 heteroatoms. The van der Waals surface area contributed by atoms with Crippen LogP contribution in [0, 0.1) is 12.8 Å². The number of hydrogen-bond donors (Lipinski definition) is 2. The minimum atomic E-state index is 0.0205. The van der Waals surface area contributed by atoms with Crippen LogP contribution in [0.15, 0.2) is 5.38 Å². The SMILES string of the molecule is CCNCC(C)C(=O)NCCc1csc(C)n1. The normalized spacial score (nSPS) is 12.4. The predicted molar refractivity (Wildman–Crippen MR) is 71.3 cm³/mol. The number of aromatic nitrogens is 1. The summed E-state index contributed by atoms with van der Waals surface area (Å²) in [5.74, 6) is 0.130. The highest BCUT2D eigenvalue weighted by atomic mass is 32.1. The molecule has 1 rings (SSSR count). The first-order chi connectivity index (χ1) is 8.13. The van der Waals surface area contributed by atoms with Crippen LogP contribution in [0.3, 0.4) is 0 Å². The van der Waals surface area contributed by atoms with Gasteiger partial charge in [-0.15, -0.1) is 11.3 Å². The van der Waals surface area contributed by atoms with Crippen LogP contribution >= 0.6 is 11.3 Å². The molecule has 0 aliphatic heterocycles. The molecule has 0 spiro atoms. The fraction of sp³-hybridized carbons (Fsp3) is 0.667. The molecular weight excluding hydrogens is 234 g/mol. The van der Waals surface area contributed by atoms with E-state index in [4.69, 9.17) is 0 Å². The highest BCUT2D eigenvalue weighted by Crippen LogP contribution is 2.07. The molecule has 1 unspecified atom stereocenters. The Morgan fingerprint density at radius 2 is 2.35 bits per heavy atom. The van der Waals surface area contributed by atoms with Crippen LogP contribution in [-0.2, 0) is 11.2 Å². The van der Waals surface area contributed by atoms with Gasteiger partial charge >= 0.3 is 0 Å². The molecule has 0 radical (unpaired) electrons. The maximum Gasteiger partial charge on any atom is 0.224 e. The predicted octanol–water partition coefficient (Wildman–Crippen LogP) is 1.36. The topological polar surface area (TPSA) is 54.0 Å². The van der Waals surface area contributed by atoms with Gasteiger partial charge in [0.15, 0.2) is 0 Å². The van der Waals surface area contributed by atoms with Crippen LogP contribution in [0.5, 0.6) is 0 Å². The maximum absolute atomic E-state index is 11.7. The Bertz CT molecular complexity index is 351. The van der Waals surface area contributed by atoms with Crippen LogP contribution < -0.4 is 10.6 Å². The summed E-state index contributed by atoms with van der Waals surface area (Å²) >= 11 is 1.65. The van der Waals surface area contributed by atoms with E-state index in [0.29, 0.717) is 6.54 Å². The minimum Gasteiger partial charge on any atom is -0.355 e. The van der Waals surface area contributed by atoms with Crippen molar-refractivity contribution in [2.75, 3.05) is 19.6 Å². The van der Waals surface area contributed by atoms with Gasteiger partial charge in [-0.05, 0) is 13.5 Å². The largest absolute Gasteiger partial charge is 0.355 e. The lowest BCUT2D eigenvalue weighted by Crippen LogP contribution is -2.36. The average molecular weight is 255 g/mol. The molecular formula is C12H21N3OS. The zero-order valence-corrected chi connectivity index (χ0v) is 11.6. The number of nitrogens with one attached hydrogen (secondary N) is 2. The molecule has 0 saturated carbocycles. The van der Waals surface area contributed by atoms with E-state index in [1.54, 1.807) is 11.3 Å². The first-order valence-electron chi connectivity index (χ1n) is 6.03. The Hall–Kier alpha value is -0.940. The fourth-order valence-corrected chi connectivity index (χ4v) is 2.11. The Kier molecular flexibility index (Phi) is 6.15. The quantitative estimate of drug-likeness (QED) is 0.773. The molecule has 0 bridgehead atoms. The zero-order chi connectivity index (χ0) is 12.7. The summed E-state index contributed by atoms with van der Waals surface area (Å²) in [5, 5.41) is 9.22. The first kappa shape index (κ1) is 14.1. The van der Waals surface area contributed by atoms with E-state index in [1.165, 1.54) is 0 Å². The van der Waals surface area contributed by atoms with Crippen molar-refractivity contribution in [1.29, 1.82) is 0 Å². The van der Waals surface area contributed by atoms with E-state index in [2.05, 4.69) is 15.6 Å². The Balaban J connectivity index is 2.19. The lowest BCUT2D eigenvalue weighted by molar-refractivity contribution is -0.124. The van der Waals surface area contributed by atoms with Gasteiger partial charge in [-0.1, -0.05) is 13.8 Å². The third kappa shape index (κ3) is 5.28. The number of nitrogens with zero attached hydrogens (tertiary/aromatic N) is 1. The molecule has 1 heterocycles. The van der Waals surface area contributed by atoms with Gasteiger partial charge in [0.2, 0.25) is 5.91 Å². The van der Waals surface area contributed by atoms with Crippen LogP contribution in [-0.4, -0.2) is 30.5 Å². The highest BCUT2D eigenvalue weighted by molar-refractivity contribution is 7.09. The van der Waals surface area contributed by atoms with Gasteiger partial charge in [-0.2, -0.15) is 0 Å². The number of hydrogen-bond acceptors (Lipinski definition) is 4. The minimum absolute atomic E-state index is 0.0205. The van der Waals surface area contributed by atoms with Crippen molar-refractivity contribution < 1.29 is 4.79 Å². The van der Waals surface area contributed by atoms with Crippen molar-refractivity contribution in [2.24, 2.45) is 5.92 Å². The van der Waals surface area contributed by atoms with E-state index >= 15 is 0 Å². The fourth-order valence-electron chi connectivity index (χ4n) is 1.46. The molecule has 0 aliphatic carbocycles. The van der Waals surface area contributed by atoms with Gasteiger partial charge in [0, 0.05) is 30.8 Å². The number of carbonyl (C=O) groups excluding carboxylic acids is 1. The smallest absolute Gasteiger partial charge is 0.224 e. The second-order valence-corrected chi connectivity index (χ2v) is 5.17. The zero-order valence-electron chi connectivity index (χ0n) is 10.7. The van der Waals surface area contributed by atoms with Gasteiger partial charge in [0.25, 0.3) is 0 Å². The maximum atomic E-state index is 11.7. The van der Waals surface area contributed by atoms with E-state index in [-0.39, 0.29) is 11.8 Å². The van der Waals surface area contributed by atoms with Gasteiger partial charge in [0.1, 0.15) is 0 Å². The molecule has 2 N–H and O–H groups in total. The van der Waals surface area contributed by atoms with E-state index < -0.39 is 0 Å². The molecule has 1 aromatic rings. The van der Waals surface area contributed by atoms with Crippen molar-refractivity contribution >= 4 is 17.2 Å². The van der Waals surface area contributed by atoms with Gasteiger partial charge in [0.05, 0.1) is 10.7 Å². The molecule has 0 saturated heterocycles. The Morgan fingerprint density at radius 1 is 1.59 bits per heavy atom. The lowest BCUT2D eigenvalue weighted by Gasteiger charge is -2.11. The number of aryl methyl sites for hydroxylation is 1. The molecule has 1 atom stereocenters. The van der Waals surface area contributed by atoms with Gasteiger partial charge < -0.3 is 10.6 Å². The number of carbonyl (C=O) groups is 1. The van der Waals surface area contributed by atoms with E-state index in [9.17, 15) is 4.79 Å². The summed E-state index contributed by atoms with van der Waals surface area (Å²) in [7, 11) is 0. The lowest BCUT2D eigenvalue weighted by atomic mass is 10.1. The molecule has 96 valence electrons. The summed E-state index contributed by atoms with van der Waals surface area (Å²) in [5.41, 5.74) is 1.06. The molecule has 0 aliphatic rings. The standard InChI is InChI=1S/C12H21N3OS/c1-4-13-7-9(2)12(16)14-6-5-11-8-17-10(3)15-11/h8-9,13H,4-7H2,1-3H3,(H,14,16). The Labute approximate surface area is 107 Å². The second kappa shape index (κ2) is 7.40. The molecule has 0 aromatic carbocycles. The summed E-state index contributed by atoms with van der Waals surface area (Å²) < 4.78 is 0. The summed E-state index contributed by atoms with van der Waals surface area (Å²) in [4.78, 5) is 16.0. The monoisotopic (exact) mass is 255 g/mol. The van der Waals surface area contributed by atoms with Gasteiger partial charge in [-0.25, -0.2) is 4.98 Å². The number of amides is 1. The van der Waals surface area contributed by atoms with Crippen LogP contribution in [0.25, 0.3) is 0 Å². The third-order valence-corrected chi connectivity index (χ3v) is 3.32. The average Bonchev–Trinajstić information content (AvgIpc) is 2.71. The molecule has 17 heavy (non-hydrogen) atoms. The molecule has 1 aromatic heterocycles.